The average Bonchev–Trinajstić information content (AvgIpc) is 3.01. The molecule has 1 aliphatic heterocycles. The number of benzene rings is 1. The summed E-state index contributed by atoms with van der Waals surface area (Å²) in [6.45, 7) is 3.20. The topological polar surface area (TPSA) is 58.6 Å². The Morgan fingerprint density at radius 3 is 2.73 bits per heavy atom. The first kappa shape index (κ1) is 17.1. The van der Waals surface area contributed by atoms with Crippen LogP contribution in [0, 0.1) is 0 Å². The van der Waals surface area contributed by atoms with Gasteiger partial charge in [-0.15, -0.1) is 0 Å². The Labute approximate surface area is 143 Å². The molecule has 1 N–H and O–H groups in total. The number of amides is 2. The fourth-order valence-corrected chi connectivity index (χ4v) is 2.98. The van der Waals surface area contributed by atoms with E-state index < -0.39 is 6.10 Å². The Balaban J connectivity index is 1.82. The fourth-order valence-electron chi connectivity index (χ4n) is 2.20. The lowest BCUT2D eigenvalue weighted by molar-refractivity contribution is -0.134. The van der Waals surface area contributed by atoms with Gasteiger partial charge in [0.2, 0.25) is 5.91 Å². The van der Waals surface area contributed by atoms with Crippen molar-refractivity contribution in [2.75, 3.05) is 19.6 Å². The predicted octanol–water partition coefficient (Wildman–Crippen LogP) is 2.61. The third kappa shape index (κ3) is 4.61. The van der Waals surface area contributed by atoms with E-state index in [2.05, 4.69) is 21.2 Å². The van der Waals surface area contributed by atoms with Crippen LogP contribution < -0.4 is 10.1 Å². The van der Waals surface area contributed by atoms with Crippen molar-refractivity contribution >= 4 is 39.3 Å². The third-order valence-corrected chi connectivity index (χ3v) is 4.29. The number of carbonyl (C=O) groups excluding carboxylic acids is 2. The predicted molar refractivity (Wildman–Crippen MR) is 88.1 cm³/mol. The van der Waals surface area contributed by atoms with E-state index in [1.807, 2.05) is 0 Å². The Bertz CT molecular complexity index is 562. The van der Waals surface area contributed by atoms with Crippen molar-refractivity contribution in [3.8, 4) is 5.75 Å². The summed E-state index contributed by atoms with van der Waals surface area (Å²) in [6, 6.07) is 5.06. The van der Waals surface area contributed by atoms with Crippen molar-refractivity contribution in [3.63, 3.8) is 0 Å². The number of ether oxygens (including phenoxy) is 1. The Morgan fingerprint density at radius 1 is 1.41 bits per heavy atom. The number of nitrogens with zero attached hydrogens (tertiary/aromatic N) is 1. The minimum absolute atomic E-state index is 0.00825. The summed E-state index contributed by atoms with van der Waals surface area (Å²) in [5.74, 6) is 0.151. The normalized spacial score (nSPS) is 15.5. The molecular weight excluding hydrogens is 372 g/mol. The van der Waals surface area contributed by atoms with E-state index in [0.717, 1.165) is 25.9 Å². The number of rotatable bonds is 5. The smallest absolute Gasteiger partial charge is 0.261 e. The maximum Gasteiger partial charge on any atom is 0.261 e. The first-order chi connectivity index (χ1) is 10.5. The van der Waals surface area contributed by atoms with Gasteiger partial charge in [-0.1, -0.05) is 11.6 Å². The van der Waals surface area contributed by atoms with Gasteiger partial charge in [-0.05, 0) is 53.9 Å². The van der Waals surface area contributed by atoms with Crippen molar-refractivity contribution in [1.82, 2.24) is 10.2 Å². The zero-order valence-corrected chi connectivity index (χ0v) is 14.6. The molecule has 0 spiro atoms. The average molecular weight is 390 g/mol. The van der Waals surface area contributed by atoms with Crippen LogP contribution in [0.25, 0.3) is 0 Å². The molecule has 5 nitrogen and oxygen atoms in total. The molecule has 1 atom stereocenters. The Morgan fingerprint density at radius 2 is 2.09 bits per heavy atom. The van der Waals surface area contributed by atoms with E-state index in [1.54, 1.807) is 30.0 Å². The summed E-state index contributed by atoms with van der Waals surface area (Å²) < 4.78 is 6.25. The molecule has 1 saturated heterocycles. The van der Waals surface area contributed by atoms with Crippen LogP contribution in [-0.2, 0) is 9.59 Å². The number of halogens is 2. The SMILES string of the molecule is CC(Oc1ccc(Cl)cc1Br)C(=O)NCC(=O)N1CCCC1. The standard InChI is InChI=1S/C15H18BrClN2O3/c1-10(22-13-5-4-11(17)8-12(13)16)15(21)18-9-14(20)19-6-2-3-7-19/h4-5,8,10H,2-3,6-7,9H2,1H3,(H,18,21). The molecule has 22 heavy (non-hydrogen) atoms. The fraction of sp³-hybridized carbons (Fsp3) is 0.467. The van der Waals surface area contributed by atoms with Crippen LogP contribution in [0.1, 0.15) is 19.8 Å². The number of likely N-dealkylation sites (tertiary alicyclic amines) is 1. The van der Waals surface area contributed by atoms with Gasteiger partial charge < -0.3 is 15.0 Å². The van der Waals surface area contributed by atoms with E-state index in [-0.39, 0.29) is 18.4 Å². The quantitative estimate of drug-likeness (QED) is 0.842. The molecule has 1 aromatic carbocycles. The molecule has 1 fully saturated rings. The molecule has 1 unspecified atom stereocenters. The van der Waals surface area contributed by atoms with E-state index in [1.165, 1.54) is 0 Å². The number of hydrogen-bond acceptors (Lipinski definition) is 3. The minimum Gasteiger partial charge on any atom is -0.480 e. The van der Waals surface area contributed by atoms with Gasteiger partial charge in [-0.25, -0.2) is 0 Å². The van der Waals surface area contributed by atoms with Crippen molar-refractivity contribution in [2.24, 2.45) is 0 Å². The molecule has 0 bridgehead atoms. The molecule has 2 amide bonds. The molecule has 1 aliphatic rings. The lowest BCUT2D eigenvalue weighted by Gasteiger charge is -2.18. The van der Waals surface area contributed by atoms with Crippen LogP contribution in [0.2, 0.25) is 5.02 Å². The van der Waals surface area contributed by atoms with Gasteiger partial charge in [0.1, 0.15) is 5.75 Å². The zero-order chi connectivity index (χ0) is 16.1. The highest BCUT2D eigenvalue weighted by molar-refractivity contribution is 9.10. The maximum atomic E-state index is 12.0. The van der Waals surface area contributed by atoms with Crippen LogP contribution in [0.3, 0.4) is 0 Å². The molecule has 7 heteroatoms. The highest BCUT2D eigenvalue weighted by Gasteiger charge is 2.21. The molecule has 0 saturated carbocycles. The monoisotopic (exact) mass is 388 g/mol. The highest BCUT2D eigenvalue weighted by Crippen LogP contribution is 2.28. The molecule has 0 aromatic heterocycles. The lowest BCUT2D eigenvalue weighted by atomic mass is 10.3. The van der Waals surface area contributed by atoms with Crippen molar-refractivity contribution in [1.29, 1.82) is 0 Å². The molecule has 0 radical (unpaired) electrons. The van der Waals surface area contributed by atoms with E-state index in [0.29, 0.717) is 15.2 Å². The third-order valence-electron chi connectivity index (χ3n) is 3.44. The van der Waals surface area contributed by atoms with Crippen LogP contribution in [0.5, 0.6) is 5.75 Å². The molecule has 0 aliphatic carbocycles. The molecule has 120 valence electrons. The number of carbonyl (C=O) groups is 2. The van der Waals surface area contributed by atoms with Crippen LogP contribution >= 0.6 is 27.5 Å². The molecule has 1 aromatic rings. The second-order valence-electron chi connectivity index (χ2n) is 5.14. The first-order valence-corrected chi connectivity index (χ1v) is 8.31. The minimum atomic E-state index is -0.705. The van der Waals surface area contributed by atoms with E-state index in [9.17, 15) is 9.59 Å². The Kier molecular flexibility index (Phi) is 6.08. The van der Waals surface area contributed by atoms with E-state index >= 15 is 0 Å². The van der Waals surface area contributed by atoms with Crippen LogP contribution in [-0.4, -0.2) is 42.5 Å². The van der Waals surface area contributed by atoms with E-state index in [4.69, 9.17) is 16.3 Å². The number of nitrogens with one attached hydrogen (secondary N) is 1. The van der Waals surface area contributed by atoms with Gasteiger partial charge >= 0.3 is 0 Å². The molecule has 1 heterocycles. The van der Waals surface area contributed by atoms with Gasteiger partial charge in [-0.2, -0.15) is 0 Å². The zero-order valence-electron chi connectivity index (χ0n) is 12.3. The van der Waals surface area contributed by atoms with Gasteiger partial charge in [-0.3, -0.25) is 9.59 Å². The first-order valence-electron chi connectivity index (χ1n) is 7.14. The summed E-state index contributed by atoms with van der Waals surface area (Å²) in [5, 5.41) is 3.19. The molecular formula is C15H18BrClN2O3. The second-order valence-corrected chi connectivity index (χ2v) is 6.43. The van der Waals surface area contributed by atoms with Crippen molar-refractivity contribution < 1.29 is 14.3 Å². The van der Waals surface area contributed by atoms with Crippen LogP contribution in [0.4, 0.5) is 0 Å². The van der Waals surface area contributed by atoms with Crippen LogP contribution in [0.15, 0.2) is 22.7 Å². The van der Waals surface area contributed by atoms with Gasteiger partial charge in [0.05, 0.1) is 11.0 Å². The summed E-state index contributed by atoms with van der Waals surface area (Å²) in [6.07, 6.45) is 1.36. The van der Waals surface area contributed by atoms with Gasteiger partial charge in [0, 0.05) is 18.1 Å². The highest BCUT2D eigenvalue weighted by atomic mass is 79.9. The molecule has 2 rings (SSSR count). The van der Waals surface area contributed by atoms with Gasteiger partial charge in [0.25, 0.3) is 5.91 Å². The van der Waals surface area contributed by atoms with Crippen molar-refractivity contribution in [3.05, 3.63) is 27.7 Å². The Hall–Kier alpha value is -1.27. The maximum absolute atomic E-state index is 12.0. The summed E-state index contributed by atoms with van der Waals surface area (Å²) in [4.78, 5) is 25.6. The lowest BCUT2D eigenvalue weighted by Crippen LogP contribution is -2.43. The van der Waals surface area contributed by atoms with Crippen molar-refractivity contribution in [2.45, 2.75) is 25.9 Å². The summed E-state index contributed by atoms with van der Waals surface area (Å²) in [7, 11) is 0. The largest absolute Gasteiger partial charge is 0.480 e. The van der Waals surface area contributed by atoms with Gasteiger partial charge in [0.15, 0.2) is 6.10 Å². The number of hydrogen-bond donors (Lipinski definition) is 1. The second kappa shape index (κ2) is 7.83. The summed E-state index contributed by atoms with van der Waals surface area (Å²) >= 11 is 9.19. The summed E-state index contributed by atoms with van der Waals surface area (Å²) in [5.41, 5.74) is 0.